The number of hydrogen-bond acceptors (Lipinski definition) is 1. The van der Waals surface area contributed by atoms with Gasteiger partial charge in [-0.25, -0.2) is 0 Å². The van der Waals surface area contributed by atoms with Crippen molar-refractivity contribution in [3.8, 4) is 0 Å². The van der Waals surface area contributed by atoms with Crippen molar-refractivity contribution < 1.29 is 4.74 Å². The van der Waals surface area contributed by atoms with E-state index in [1.54, 1.807) is 7.11 Å². The molecule has 0 aliphatic heterocycles. The number of methoxy groups -OCH3 is 1. The Balaban J connectivity index is 2.41. The van der Waals surface area contributed by atoms with Crippen LogP contribution < -0.4 is 0 Å². The standard InChI is InChI=1S/C9H16O/c1-3-8-6-4-5-7-9(8)10-2/h3,8-9H,1,4-7H2,2H3. The van der Waals surface area contributed by atoms with Crippen molar-refractivity contribution in [3.05, 3.63) is 12.7 Å². The Morgan fingerprint density at radius 3 is 2.60 bits per heavy atom. The highest BCUT2D eigenvalue weighted by Gasteiger charge is 2.21. The van der Waals surface area contributed by atoms with Crippen molar-refractivity contribution in [2.75, 3.05) is 7.11 Å². The second kappa shape index (κ2) is 3.77. The summed E-state index contributed by atoms with van der Waals surface area (Å²) < 4.78 is 5.32. The number of hydrogen-bond donors (Lipinski definition) is 0. The van der Waals surface area contributed by atoms with E-state index in [9.17, 15) is 0 Å². The summed E-state index contributed by atoms with van der Waals surface area (Å²) >= 11 is 0. The third-order valence-corrected chi connectivity index (χ3v) is 2.36. The van der Waals surface area contributed by atoms with Crippen molar-refractivity contribution in [1.29, 1.82) is 0 Å². The van der Waals surface area contributed by atoms with Crippen LogP contribution in [-0.4, -0.2) is 13.2 Å². The lowest BCUT2D eigenvalue weighted by atomic mass is 9.87. The monoisotopic (exact) mass is 140 g/mol. The van der Waals surface area contributed by atoms with Gasteiger partial charge < -0.3 is 4.74 Å². The van der Waals surface area contributed by atoms with E-state index in [0.29, 0.717) is 12.0 Å². The van der Waals surface area contributed by atoms with Gasteiger partial charge in [0, 0.05) is 13.0 Å². The summed E-state index contributed by atoms with van der Waals surface area (Å²) in [6.45, 7) is 3.80. The second-order valence-electron chi connectivity index (χ2n) is 2.96. The van der Waals surface area contributed by atoms with Gasteiger partial charge in [0.05, 0.1) is 6.10 Å². The van der Waals surface area contributed by atoms with Crippen LogP contribution in [0.2, 0.25) is 0 Å². The molecule has 1 fully saturated rings. The third-order valence-electron chi connectivity index (χ3n) is 2.36. The molecule has 0 aromatic rings. The first-order chi connectivity index (χ1) is 4.88. The summed E-state index contributed by atoms with van der Waals surface area (Å²) in [5, 5.41) is 0. The molecule has 0 aromatic carbocycles. The van der Waals surface area contributed by atoms with Crippen molar-refractivity contribution in [1.82, 2.24) is 0 Å². The molecule has 10 heavy (non-hydrogen) atoms. The topological polar surface area (TPSA) is 9.23 Å². The van der Waals surface area contributed by atoms with Gasteiger partial charge in [-0.15, -0.1) is 6.58 Å². The minimum absolute atomic E-state index is 0.450. The van der Waals surface area contributed by atoms with Crippen LogP contribution >= 0.6 is 0 Å². The molecule has 0 N–H and O–H groups in total. The molecule has 0 heterocycles. The molecule has 0 aromatic heterocycles. The predicted octanol–water partition coefficient (Wildman–Crippen LogP) is 2.38. The van der Waals surface area contributed by atoms with Crippen LogP contribution in [0.15, 0.2) is 12.7 Å². The molecule has 1 nitrogen and oxygen atoms in total. The molecule has 2 unspecified atom stereocenters. The van der Waals surface area contributed by atoms with Gasteiger partial charge in [-0.1, -0.05) is 18.9 Å². The highest BCUT2D eigenvalue weighted by molar-refractivity contribution is 4.87. The van der Waals surface area contributed by atoms with Crippen LogP contribution in [0, 0.1) is 5.92 Å². The molecule has 1 saturated carbocycles. The van der Waals surface area contributed by atoms with Crippen molar-refractivity contribution in [2.45, 2.75) is 31.8 Å². The molecule has 1 rings (SSSR count). The van der Waals surface area contributed by atoms with E-state index < -0.39 is 0 Å². The molecule has 0 spiro atoms. The summed E-state index contributed by atoms with van der Waals surface area (Å²) in [6, 6.07) is 0. The fraction of sp³-hybridized carbons (Fsp3) is 0.778. The summed E-state index contributed by atoms with van der Waals surface area (Å²) in [4.78, 5) is 0. The molecule has 0 radical (unpaired) electrons. The van der Waals surface area contributed by atoms with E-state index in [0.717, 1.165) is 0 Å². The van der Waals surface area contributed by atoms with Gasteiger partial charge >= 0.3 is 0 Å². The Labute approximate surface area is 63.1 Å². The lowest BCUT2D eigenvalue weighted by molar-refractivity contribution is 0.0416. The Bertz CT molecular complexity index is 109. The lowest BCUT2D eigenvalue weighted by Gasteiger charge is -2.27. The van der Waals surface area contributed by atoms with Gasteiger partial charge in [0.15, 0.2) is 0 Å². The lowest BCUT2D eigenvalue weighted by Crippen LogP contribution is -2.24. The second-order valence-corrected chi connectivity index (χ2v) is 2.96. The normalized spacial score (nSPS) is 33.7. The molecule has 1 heteroatoms. The maximum Gasteiger partial charge on any atom is 0.0633 e. The summed E-state index contributed by atoms with van der Waals surface area (Å²) in [6.07, 6.45) is 7.63. The Kier molecular flexibility index (Phi) is 2.94. The molecule has 2 atom stereocenters. The Morgan fingerprint density at radius 2 is 2.10 bits per heavy atom. The van der Waals surface area contributed by atoms with E-state index in [1.807, 2.05) is 6.08 Å². The molecular weight excluding hydrogens is 124 g/mol. The minimum atomic E-state index is 0.450. The SMILES string of the molecule is C=CC1CCCCC1OC. The van der Waals surface area contributed by atoms with E-state index in [-0.39, 0.29) is 0 Å². The molecular formula is C9H16O. The van der Waals surface area contributed by atoms with E-state index >= 15 is 0 Å². The van der Waals surface area contributed by atoms with Crippen molar-refractivity contribution in [3.63, 3.8) is 0 Å². The molecule has 0 amide bonds. The van der Waals surface area contributed by atoms with Gasteiger partial charge in [-0.3, -0.25) is 0 Å². The summed E-state index contributed by atoms with van der Waals surface area (Å²) in [5.74, 6) is 0.610. The number of rotatable bonds is 2. The zero-order chi connectivity index (χ0) is 7.40. The molecule has 0 bridgehead atoms. The first-order valence-corrected chi connectivity index (χ1v) is 4.04. The van der Waals surface area contributed by atoms with Crippen molar-refractivity contribution in [2.24, 2.45) is 5.92 Å². The minimum Gasteiger partial charge on any atom is -0.381 e. The maximum atomic E-state index is 5.32. The quantitative estimate of drug-likeness (QED) is 0.535. The highest BCUT2D eigenvalue weighted by Crippen LogP contribution is 2.26. The average Bonchev–Trinajstić information content (AvgIpc) is 2.04. The van der Waals surface area contributed by atoms with E-state index in [2.05, 4.69) is 6.58 Å². The van der Waals surface area contributed by atoms with Crippen LogP contribution in [0.3, 0.4) is 0 Å². The summed E-state index contributed by atoms with van der Waals surface area (Å²) in [5.41, 5.74) is 0. The van der Waals surface area contributed by atoms with Crippen molar-refractivity contribution >= 4 is 0 Å². The smallest absolute Gasteiger partial charge is 0.0633 e. The predicted molar refractivity (Wildman–Crippen MR) is 43.0 cm³/mol. The van der Waals surface area contributed by atoms with Gasteiger partial charge in [-0.05, 0) is 12.8 Å². The third kappa shape index (κ3) is 1.60. The Morgan fingerprint density at radius 1 is 1.40 bits per heavy atom. The molecule has 1 aliphatic carbocycles. The maximum absolute atomic E-state index is 5.32. The number of ether oxygens (including phenoxy) is 1. The van der Waals surface area contributed by atoms with E-state index in [1.165, 1.54) is 25.7 Å². The first-order valence-electron chi connectivity index (χ1n) is 4.04. The van der Waals surface area contributed by atoms with Crippen LogP contribution in [0.25, 0.3) is 0 Å². The van der Waals surface area contributed by atoms with Crippen LogP contribution in [0.1, 0.15) is 25.7 Å². The molecule has 1 aliphatic rings. The summed E-state index contributed by atoms with van der Waals surface area (Å²) in [7, 11) is 1.80. The average molecular weight is 140 g/mol. The first kappa shape index (κ1) is 7.80. The van der Waals surface area contributed by atoms with Gasteiger partial charge in [-0.2, -0.15) is 0 Å². The van der Waals surface area contributed by atoms with Gasteiger partial charge in [0.2, 0.25) is 0 Å². The Hall–Kier alpha value is -0.300. The van der Waals surface area contributed by atoms with Crippen LogP contribution in [0.4, 0.5) is 0 Å². The van der Waals surface area contributed by atoms with Crippen LogP contribution in [0.5, 0.6) is 0 Å². The fourth-order valence-corrected chi connectivity index (χ4v) is 1.69. The van der Waals surface area contributed by atoms with Gasteiger partial charge in [0.1, 0.15) is 0 Å². The largest absolute Gasteiger partial charge is 0.381 e. The molecule has 58 valence electrons. The van der Waals surface area contributed by atoms with Gasteiger partial charge in [0.25, 0.3) is 0 Å². The zero-order valence-corrected chi connectivity index (χ0v) is 6.68. The molecule has 0 saturated heterocycles. The highest BCUT2D eigenvalue weighted by atomic mass is 16.5. The van der Waals surface area contributed by atoms with Crippen LogP contribution in [-0.2, 0) is 4.74 Å². The fourth-order valence-electron chi connectivity index (χ4n) is 1.69. The van der Waals surface area contributed by atoms with E-state index in [4.69, 9.17) is 4.74 Å². The zero-order valence-electron chi connectivity index (χ0n) is 6.68.